The van der Waals surface area contributed by atoms with Crippen molar-refractivity contribution in [3.63, 3.8) is 0 Å². The monoisotopic (exact) mass is 287 g/mol. The number of sulfonamides is 1. The van der Waals surface area contributed by atoms with Gasteiger partial charge in [-0.2, -0.15) is 5.10 Å². The van der Waals surface area contributed by atoms with Gasteiger partial charge in [-0.1, -0.05) is 26.2 Å². The number of rotatable bonds is 8. The van der Waals surface area contributed by atoms with Crippen LogP contribution in [0, 0.1) is 6.92 Å². The van der Waals surface area contributed by atoms with E-state index in [1.165, 1.54) is 0 Å². The quantitative estimate of drug-likeness (QED) is 0.747. The van der Waals surface area contributed by atoms with E-state index >= 15 is 0 Å². The lowest BCUT2D eigenvalue weighted by Gasteiger charge is -2.13. The number of unbranched alkanes of at least 4 members (excludes halogenated alkanes) is 2. The third-order valence-corrected chi connectivity index (χ3v) is 4.80. The maximum Gasteiger partial charge on any atom is 0.244 e. The van der Waals surface area contributed by atoms with E-state index in [-0.39, 0.29) is 10.9 Å². The highest BCUT2D eigenvalue weighted by atomic mass is 32.2. The smallest absolute Gasteiger partial charge is 0.244 e. The molecule has 1 unspecified atom stereocenters. The molecule has 1 aromatic rings. The average Bonchev–Trinajstić information content (AvgIpc) is 2.71. The van der Waals surface area contributed by atoms with E-state index in [0.717, 1.165) is 25.7 Å². The van der Waals surface area contributed by atoms with Crippen LogP contribution in [-0.4, -0.2) is 24.2 Å². The lowest BCUT2D eigenvalue weighted by Crippen LogP contribution is -2.32. The molecule has 6 heteroatoms. The van der Waals surface area contributed by atoms with Crippen LogP contribution >= 0.6 is 0 Å². The molecule has 0 saturated heterocycles. The summed E-state index contributed by atoms with van der Waals surface area (Å²) < 4.78 is 28.9. The maximum atomic E-state index is 12.3. The van der Waals surface area contributed by atoms with Crippen molar-refractivity contribution in [3.05, 3.63) is 11.9 Å². The Hall–Kier alpha value is -0.880. The number of hydrogen-bond acceptors (Lipinski definition) is 3. The molecule has 110 valence electrons. The Kier molecular flexibility index (Phi) is 6.00. The van der Waals surface area contributed by atoms with Crippen LogP contribution < -0.4 is 4.72 Å². The fourth-order valence-electron chi connectivity index (χ4n) is 2.01. The average molecular weight is 287 g/mol. The van der Waals surface area contributed by atoms with Gasteiger partial charge in [-0.3, -0.25) is 4.68 Å². The van der Waals surface area contributed by atoms with Crippen molar-refractivity contribution in [1.82, 2.24) is 14.5 Å². The van der Waals surface area contributed by atoms with Crippen molar-refractivity contribution < 1.29 is 8.42 Å². The second-order valence-corrected chi connectivity index (χ2v) is 6.63. The molecule has 0 spiro atoms. The molecule has 1 heterocycles. The van der Waals surface area contributed by atoms with Crippen LogP contribution in [0.25, 0.3) is 0 Å². The Labute approximate surface area is 116 Å². The molecule has 0 bridgehead atoms. The summed E-state index contributed by atoms with van der Waals surface area (Å²) in [6.45, 7) is 8.37. The van der Waals surface area contributed by atoms with E-state index in [9.17, 15) is 8.42 Å². The lowest BCUT2D eigenvalue weighted by molar-refractivity contribution is 0.527. The lowest BCUT2D eigenvalue weighted by atomic mass is 10.1. The number of hydrogen-bond donors (Lipinski definition) is 1. The van der Waals surface area contributed by atoms with Crippen molar-refractivity contribution in [2.24, 2.45) is 0 Å². The van der Waals surface area contributed by atoms with Crippen LogP contribution in [0.1, 0.15) is 52.1 Å². The van der Waals surface area contributed by atoms with E-state index in [1.807, 2.05) is 13.8 Å². The zero-order valence-corrected chi connectivity index (χ0v) is 13.1. The van der Waals surface area contributed by atoms with Crippen molar-refractivity contribution in [2.45, 2.75) is 70.9 Å². The van der Waals surface area contributed by atoms with Crippen molar-refractivity contribution in [3.8, 4) is 0 Å². The Balaban J connectivity index is 2.72. The van der Waals surface area contributed by atoms with Gasteiger partial charge >= 0.3 is 0 Å². The van der Waals surface area contributed by atoms with Gasteiger partial charge in [0, 0.05) is 18.8 Å². The molecule has 0 amide bonds. The van der Waals surface area contributed by atoms with E-state index in [2.05, 4.69) is 16.7 Å². The van der Waals surface area contributed by atoms with Crippen LogP contribution in [0.15, 0.2) is 11.1 Å². The minimum Gasteiger partial charge on any atom is -0.271 e. The summed E-state index contributed by atoms with van der Waals surface area (Å²) in [6, 6.07) is -0.0408. The standard InChI is InChI=1S/C13H25N3O2S/c1-5-7-8-9-11(3)15-19(17,18)13-10-16(6-2)14-12(13)4/h10-11,15H,5-9H2,1-4H3. The molecule has 0 aliphatic carbocycles. The predicted octanol–water partition coefficient (Wildman–Crippen LogP) is 2.46. The van der Waals surface area contributed by atoms with Gasteiger partial charge in [0.05, 0.1) is 5.69 Å². The fourth-order valence-corrected chi connectivity index (χ4v) is 3.48. The molecule has 0 radical (unpaired) electrons. The molecule has 19 heavy (non-hydrogen) atoms. The van der Waals surface area contributed by atoms with Gasteiger partial charge in [0.2, 0.25) is 10.0 Å². The van der Waals surface area contributed by atoms with Gasteiger partial charge < -0.3 is 0 Å². The summed E-state index contributed by atoms with van der Waals surface area (Å²) in [5.74, 6) is 0. The first-order chi connectivity index (χ1) is 8.90. The molecule has 1 aromatic heterocycles. The summed E-state index contributed by atoms with van der Waals surface area (Å²) in [4.78, 5) is 0.289. The summed E-state index contributed by atoms with van der Waals surface area (Å²) in [6.07, 6.45) is 5.79. The zero-order chi connectivity index (χ0) is 14.5. The second kappa shape index (κ2) is 7.05. The molecule has 0 aliphatic heterocycles. The van der Waals surface area contributed by atoms with Gasteiger partial charge in [-0.25, -0.2) is 13.1 Å². The maximum absolute atomic E-state index is 12.3. The Bertz CT molecular complexity index is 494. The van der Waals surface area contributed by atoms with Gasteiger partial charge in [0.15, 0.2) is 0 Å². The van der Waals surface area contributed by atoms with E-state index in [1.54, 1.807) is 17.8 Å². The largest absolute Gasteiger partial charge is 0.271 e. The minimum atomic E-state index is -3.45. The van der Waals surface area contributed by atoms with E-state index in [0.29, 0.717) is 12.2 Å². The van der Waals surface area contributed by atoms with Gasteiger partial charge in [0.1, 0.15) is 4.90 Å². The topological polar surface area (TPSA) is 64.0 Å². The van der Waals surface area contributed by atoms with Crippen molar-refractivity contribution in [2.75, 3.05) is 0 Å². The Morgan fingerprint density at radius 1 is 1.37 bits per heavy atom. The van der Waals surface area contributed by atoms with Gasteiger partial charge in [0.25, 0.3) is 0 Å². The van der Waals surface area contributed by atoms with Crippen LogP contribution in [0.4, 0.5) is 0 Å². The molecular formula is C13H25N3O2S. The first kappa shape index (κ1) is 16.2. The molecule has 5 nitrogen and oxygen atoms in total. The number of nitrogens with zero attached hydrogens (tertiary/aromatic N) is 2. The van der Waals surface area contributed by atoms with Crippen LogP contribution in [-0.2, 0) is 16.6 Å². The molecule has 1 rings (SSSR count). The highest BCUT2D eigenvalue weighted by molar-refractivity contribution is 7.89. The Morgan fingerprint density at radius 2 is 2.05 bits per heavy atom. The highest BCUT2D eigenvalue weighted by Crippen LogP contribution is 2.14. The minimum absolute atomic E-state index is 0.0408. The number of nitrogens with one attached hydrogen (secondary N) is 1. The van der Waals surface area contributed by atoms with E-state index in [4.69, 9.17) is 0 Å². The summed E-state index contributed by atoms with van der Waals surface area (Å²) in [5, 5.41) is 4.18. The van der Waals surface area contributed by atoms with Crippen molar-refractivity contribution in [1.29, 1.82) is 0 Å². The molecule has 0 aliphatic rings. The van der Waals surface area contributed by atoms with Gasteiger partial charge in [-0.05, 0) is 27.2 Å². The first-order valence-corrected chi connectivity index (χ1v) is 8.45. The summed E-state index contributed by atoms with van der Waals surface area (Å²) >= 11 is 0. The van der Waals surface area contributed by atoms with Crippen LogP contribution in [0.3, 0.4) is 0 Å². The number of aryl methyl sites for hydroxylation is 2. The van der Waals surface area contributed by atoms with Crippen LogP contribution in [0.5, 0.6) is 0 Å². The normalized spacial score (nSPS) is 13.7. The number of aromatic nitrogens is 2. The highest BCUT2D eigenvalue weighted by Gasteiger charge is 2.21. The predicted molar refractivity (Wildman–Crippen MR) is 76.6 cm³/mol. The summed E-state index contributed by atoms with van der Waals surface area (Å²) in [7, 11) is -3.45. The van der Waals surface area contributed by atoms with Gasteiger partial charge in [-0.15, -0.1) is 0 Å². The molecule has 0 aromatic carbocycles. The van der Waals surface area contributed by atoms with E-state index < -0.39 is 10.0 Å². The summed E-state index contributed by atoms with van der Waals surface area (Å²) in [5.41, 5.74) is 0.551. The fraction of sp³-hybridized carbons (Fsp3) is 0.769. The third-order valence-electron chi connectivity index (χ3n) is 3.11. The second-order valence-electron chi connectivity index (χ2n) is 4.95. The van der Waals surface area contributed by atoms with Crippen LogP contribution in [0.2, 0.25) is 0 Å². The SMILES string of the molecule is CCCCCC(C)NS(=O)(=O)c1cn(CC)nc1C. The zero-order valence-electron chi connectivity index (χ0n) is 12.3. The first-order valence-electron chi connectivity index (χ1n) is 6.97. The molecule has 0 fully saturated rings. The van der Waals surface area contributed by atoms with Crippen molar-refractivity contribution >= 4 is 10.0 Å². The molecule has 1 atom stereocenters. The third kappa shape index (κ3) is 4.62. The molecule has 0 saturated carbocycles. The molecular weight excluding hydrogens is 262 g/mol. The Morgan fingerprint density at radius 3 is 2.58 bits per heavy atom. The molecule has 1 N–H and O–H groups in total.